The zero-order chi connectivity index (χ0) is 15.6. The van der Waals surface area contributed by atoms with Gasteiger partial charge in [0.2, 0.25) is 0 Å². The lowest BCUT2D eigenvalue weighted by Gasteiger charge is -2.33. The van der Waals surface area contributed by atoms with Gasteiger partial charge in [-0.05, 0) is 59.8 Å². The molecule has 0 bridgehead atoms. The first-order valence-electron chi connectivity index (χ1n) is 7.13. The highest BCUT2D eigenvalue weighted by atomic mass is 127. The molecular formula is C15H19IN2O3. The number of carbonyl (C=O) groups excluding carboxylic acids is 1. The maximum atomic E-state index is 12.4. The number of halogens is 1. The molecule has 1 aromatic carbocycles. The molecule has 3 unspecified atom stereocenters. The quantitative estimate of drug-likeness (QED) is 0.476. The van der Waals surface area contributed by atoms with E-state index in [4.69, 9.17) is 0 Å². The van der Waals surface area contributed by atoms with Gasteiger partial charge in [0.05, 0.1) is 10.5 Å². The third-order valence-electron chi connectivity index (χ3n) is 4.15. The lowest BCUT2D eigenvalue weighted by Crippen LogP contribution is -2.42. The van der Waals surface area contributed by atoms with Crippen LogP contribution in [-0.4, -0.2) is 16.9 Å². The minimum atomic E-state index is -0.474. The normalized spacial score (nSPS) is 25.4. The van der Waals surface area contributed by atoms with Gasteiger partial charge in [0.25, 0.3) is 11.6 Å². The number of hydrogen-bond acceptors (Lipinski definition) is 3. The Morgan fingerprint density at radius 1 is 1.38 bits per heavy atom. The summed E-state index contributed by atoms with van der Waals surface area (Å²) in [5, 5.41) is 13.9. The molecule has 6 heteroatoms. The van der Waals surface area contributed by atoms with Crippen LogP contribution in [0.4, 0.5) is 5.69 Å². The van der Waals surface area contributed by atoms with Gasteiger partial charge in [0.1, 0.15) is 0 Å². The van der Waals surface area contributed by atoms with E-state index in [2.05, 4.69) is 19.2 Å². The van der Waals surface area contributed by atoms with Gasteiger partial charge in [-0.1, -0.05) is 13.8 Å². The molecule has 0 spiro atoms. The Bertz CT molecular complexity index is 562. The Hall–Kier alpha value is -1.18. The van der Waals surface area contributed by atoms with Crippen LogP contribution < -0.4 is 5.32 Å². The summed E-state index contributed by atoms with van der Waals surface area (Å²) in [7, 11) is 0. The second-order valence-corrected chi connectivity index (χ2v) is 7.06. The van der Waals surface area contributed by atoms with Gasteiger partial charge in [-0.25, -0.2) is 0 Å². The molecule has 114 valence electrons. The Kier molecular flexibility index (Phi) is 5.18. The number of nitrogens with zero attached hydrogens (tertiary/aromatic N) is 1. The minimum absolute atomic E-state index is 0.0501. The smallest absolute Gasteiger partial charge is 0.270 e. The third kappa shape index (κ3) is 3.93. The molecule has 0 heterocycles. The first kappa shape index (κ1) is 16.2. The molecule has 5 nitrogen and oxygen atoms in total. The summed E-state index contributed by atoms with van der Waals surface area (Å²) in [6.07, 6.45) is 3.19. The number of hydrogen-bond donors (Lipinski definition) is 1. The van der Waals surface area contributed by atoms with E-state index < -0.39 is 4.92 Å². The molecule has 21 heavy (non-hydrogen) atoms. The number of amides is 1. The van der Waals surface area contributed by atoms with Crippen LogP contribution in [0.1, 0.15) is 43.5 Å². The van der Waals surface area contributed by atoms with Gasteiger partial charge in [0, 0.05) is 21.7 Å². The van der Waals surface area contributed by atoms with Gasteiger partial charge < -0.3 is 5.32 Å². The molecule has 1 N–H and O–H groups in total. The van der Waals surface area contributed by atoms with Gasteiger partial charge >= 0.3 is 0 Å². The van der Waals surface area contributed by atoms with E-state index in [0.717, 1.165) is 22.8 Å². The standard InChI is InChI=1S/C15H19IN2O3/c1-9-3-6-14(10(2)7-9)17-15(19)12-8-11(18(20)21)4-5-13(12)16/h4-5,8-10,14H,3,6-7H2,1-2H3,(H,17,19). The zero-order valence-corrected chi connectivity index (χ0v) is 14.3. The number of carbonyl (C=O) groups is 1. The molecule has 3 atom stereocenters. The van der Waals surface area contributed by atoms with E-state index in [1.54, 1.807) is 6.07 Å². The molecule has 1 aliphatic carbocycles. The average Bonchev–Trinajstić information content (AvgIpc) is 2.42. The highest BCUT2D eigenvalue weighted by Crippen LogP contribution is 2.29. The summed E-state index contributed by atoms with van der Waals surface area (Å²) >= 11 is 2.03. The monoisotopic (exact) mass is 402 g/mol. The molecule has 1 aliphatic rings. The fourth-order valence-electron chi connectivity index (χ4n) is 2.93. The summed E-state index contributed by atoms with van der Waals surface area (Å²) < 4.78 is 0.729. The average molecular weight is 402 g/mol. The Morgan fingerprint density at radius 3 is 2.71 bits per heavy atom. The molecule has 1 aromatic rings. The lowest BCUT2D eigenvalue weighted by molar-refractivity contribution is -0.384. The summed E-state index contributed by atoms with van der Waals surface area (Å²) in [5.41, 5.74) is 0.335. The van der Waals surface area contributed by atoms with E-state index in [1.165, 1.54) is 12.1 Å². The molecule has 0 saturated heterocycles. The fourth-order valence-corrected chi connectivity index (χ4v) is 3.51. The number of benzene rings is 1. The van der Waals surface area contributed by atoms with E-state index in [1.807, 2.05) is 22.6 Å². The van der Waals surface area contributed by atoms with Crippen LogP contribution >= 0.6 is 22.6 Å². The van der Waals surface area contributed by atoms with E-state index >= 15 is 0 Å². The van der Waals surface area contributed by atoms with Gasteiger partial charge in [-0.3, -0.25) is 14.9 Å². The van der Waals surface area contributed by atoms with Crippen molar-refractivity contribution in [2.75, 3.05) is 0 Å². The summed E-state index contributed by atoms with van der Waals surface area (Å²) in [6, 6.07) is 4.54. The maximum Gasteiger partial charge on any atom is 0.270 e. The van der Waals surface area contributed by atoms with Crippen LogP contribution in [0, 0.1) is 25.5 Å². The van der Waals surface area contributed by atoms with Crippen molar-refractivity contribution in [2.45, 2.75) is 39.2 Å². The van der Waals surface area contributed by atoms with Crippen molar-refractivity contribution in [3.05, 3.63) is 37.4 Å². The van der Waals surface area contributed by atoms with Crippen molar-refractivity contribution in [1.29, 1.82) is 0 Å². The minimum Gasteiger partial charge on any atom is -0.349 e. The van der Waals surface area contributed by atoms with Crippen LogP contribution in [0.15, 0.2) is 18.2 Å². The lowest BCUT2D eigenvalue weighted by atomic mass is 9.80. The van der Waals surface area contributed by atoms with Crippen molar-refractivity contribution in [3.8, 4) is 0 Å². The highest BCUT2D eigenvalue weighted by molar-refractivity contribution is 14.1. The Labute approximate surface area is 137 Å². The number of non-ortho nitro benzene ring substituents is 1. The third-order valence-corrected chi connectivity index (χ3v) is 5.09. The first-order valence-corrected chi connectivity index (χ1v) is 8.21. The topological polar surface area (TPSA) is 72.2 Å². The predicted octanol–water partition coefficient (Wildman–Crippen LogP) is 3.75. The predicted molar refractivity (Wildman–Crippen MR) is 89.2 cm³/mol. The van der Waals surface area contributed by atoms with Crippen LogP contribution in [0.25, 0.3) is 0 Å². The van der Waals surface area contributed by atoms with Crippen molar-refractivity contribution in [3.63, 3.8) is 0 Å². The number of nitro benzene ring substituents is 1. The van der Waals surface area contributed by atoms with E-state index in [0.29, 0.717) is 17.4 Å². The van der Waals surface area contributed by atoms with Gasteiger partial charge in [-0.2, -0.15) is 0 Å². The summed E-state index contributed by atoms with van der Waals surface area (Å²) in [6.45, 7) is 4.39. The number of nitrogens with one attached hydrogen (secondary N) is 1. The maximum absolute atomic E-state index is 12.4. The number of rotatable bonds is 3. The molecule has 2 rings (SSSR count). The molecule has 1 fully saturated rings. The van der Waals surface area contributed by atoms with Crippen LogP contribution in [0.5, 0.6) is 0 Å². The van der Waals surface area contributed by atoms with Crippen molar-refractivity contribution in [1.82, 2.24) is 5.32 Å². The van der Waals surface area contributed by atoms with E-state index in [-0.39, 0.29) is 17.6 Å². The zero-order valence-electron chi connectivity index (χ0n) is 12.1. The second kappa shape index (κ2) is 6.72. The van der Waals surface area contributed by atoms with Crippen molar-refractivity contribution >= 4 is 34.2 Å². The summed E-state index contributed by atoms with van der Waals surface area (Å²) in [5.74, 6) is 0.926. The molecular weight excluding hydrogens is 383 g/mol. The SMILES string of the molecule is CC1CCC(NC(=O)c2cc([N+](=O)[O-])ccc2I)C(C)C1. The molecule has 0 aromatic heterocycles. The Balaban J connectivity index is 2.13. The second-order valence-electron chi connectivity index (χ2n) is 5.90. The molecule has 1 amide bonds. The number of nitro groups is 1. The van der Waals surface area contributed by atoms with Gasteiger partial charge in [0.15, 0.2) is 0 Å². The van der Waals surface area contributed by atoms with Gasteiger partial charge in [-0.15, -0.1) is 0 Å². The molecule has 0 aliphatic heterocycles. The van der Waals surface area contributed by atoms with Crippen molar-refractivity contribution in [2.24, 2.45) is 11.8 Å². The van der Waals surface area contributed by atoms with Crippen LogP contribution in [-0.2, 0) is 0 Å². The molecule has 0 radical (unpaired) electrons. The van der Waals surface area contributed by atoms with Crippen molar-refractivity contribution < 1.29 is 9.72 Å². The Morgan fingerprint density at radius 2 is 2.10 bits per heavy atom. The molecule has 1 saturated carbocycles. The van der Waals surface area contributed by atoms with E-state index in [9.17, 15) is 14.9 Å². The highest BCUT2D eigenvalue weighted by Gasteiger charge is 2.27. The van der Waals surface area contributed by atoms with Crippen LogP contribution in [0.2, 0.25) is 0 Å². The largest absolute Gasteiger partial charge is 0.349 e. The first-order chi connectivity index (χ1) is 9.88. The fraction of sp³-hybridized carbons (Fsp3) is 0.533. The van der Waals surface area contributed by atoms with Crippen LogP contribution in [0.3, 0.4) is 0 Å². The summed E-state index contributed by atoms with van der Waals surface area (Å²) in [4.78, 5) is 22.8.